The summed E-state index contributed by atoms with van der Waals surface area (Å²) in [4.78, 5) is 13.9. The van der Waals surface area contributed by atoms with Gasteiger partial charge >= 0.3 is 5.69 Å². The Kier molecular flexibility index (Phi) is 3.40. The van der Waals surface area contributed by atoms with Gasteiger partial charge in [-0.1, -0.05) is 0 Å². The molecule has 15 heavy (non-hydrogen) atoms. The van der Waals surface area contributed by atoms with E-state index in [1.807, 2.05) is 0 Å². The summed E-state index contributed by atoms with van der Waals surface area (Å²) in [5.74, 6) is 0.439. The predicted molar refractivity (Wildman–Crippen MR) is 57.6 cm³/mol. The Morgan fingerprint density at radius 3 is 2.87 bits per heavy atom. The summed E-state index contributed by atoms with van der Waals surface area (Å²) in [6.07, 6.45) is 0. The van der Waals surface area contributed by atoms with E-state index in [1.54, 1.807) is 6.92 Å². The second-order valence-electron chi connectivity index (χ2n) is 3.03. The minimum atomic E-state index is -0.554. The zero-order chi connectivity index (χ0) is 11.4. The molecular formula is C8H13N5O2. The number of hydrogen-bond acceptors (Lipinski definition) is 6. The smallest absolute Gasteiger partial charge is 0.311 e. The van der Waals surface area contributed by atoms with E-state index in [9.17, 15) is 10.1 Å². The van der Waals surface area contributed by atoms with Crippen LogP contribution in [0, 0.1) is 17.0 Å². The van der Waals surface area contributed by atoms with E-state index in [-0.39, 0.29) is 11.5 Å². The molecular weight excluding hydrogens is 198 g/mol. The van der Waals surface area contributed by atoms with Gasteiger partial charge in [0.25, 0.3) is 0 Å². The first-order chi connectivity index (χ1) is 7.06. The van der Waals surface area contributed by atoms with E-state index < -0.39 is 4.92 Å². The molecule has 1 aromatic rings. The molecule has 1 aromatic heterocycles. The van der Waals surface area contributed by atoms with Crippen LogP contribution in [0.5, 0.6) is 0 Å². The van der Waals surface area contributed by atoms with E-state index in [0.717, 1.165) is 0 Å². The van der Waals surface area contributed by atoms with E-state index in [2.05, 4.69) is 10.3 Å². The van der Waals surface area contributed by atoms with Gasteiger partial charge in [-0.05, 0) is 12.5 Å². The number of nitrogen functional groups attached to an aromatic ring is 1. The topological polar surface area (TPSA) is 120 Å². The van der Waals surface area contributed by atoms with Gasteiger partial charge < -0.3 is 16.8 Å². The normalized spacial score (nSPS) is 10.0. The molecule has 7 heteroatoms. The molecule has 0 aliphatic rings. The molecule has 0 bridgehead atoms. The summed E-state index contributed by atoms with van der Waals surface area (Å²) >= 11 is 0. The standard InChI is InChI=1S/C8H13N5O2/c1-5-4-6(13(14)15)7(10)12-8(5)11-3-2-9/h4H,2-3,9H2,1H3,(H3,10,11,12). The minimum absolute atomic E-state index is 0.0925. The zero-order valence-electron chi connectivity index (χ0n) is 8.36. The quantitative estimate of drug-likeness (QED) is 0.485. The van der Waals surface area contributed by atoms with Crippen LogP contribution in [0.25, 0.3) is 0 Å². The van der Waals surface area contributed by atoms with Crippen molar-refractivity contribution < 1.29 is 4.92 Å². The maximum atomic E-state index is 10.5. The number of pyridine rings is 1. The van der Waals surface area contributed by atoms with Gasteiger partial charge in [-0.2, -0.15) is 0 Å². The van der Waals surface area contributed by atoms with Crippen LogP contribution in [0.15, 0.2) is 6.07 Å². The molecule has 0 aliphatic carbocycles. The fourth-order valence-corrected chi connectivity index (χ4v) is 1.13. The molecule has 0 saturated heterocycles. The second kappa shape index (κ2) is 4.56. The van der Waals surface area contributed by atoms with Gasteiger partial charge in [0, 0.05) is 19.2 Å². The van der Waals surface area contributed by atoms with Crippen LogP contribution in [0.3, 0.4) is 0 Å². The Hall–Kier alpha value is -1.89. The molecule has 0 saturated carbocycles. The monoisotopic (exact) mass is 211 g/mol. The Morgan fingerprint density at radius 1 is 1.67 bits per heavy atom. The van der Waals surface area contributed by atoms with Gasteiger partial charge in [0.15, 0.2) is 0 Å². The molecule has 5 N–H and O–H groups in total. The highest BCUT2D eigenvalue weighted by molar-refractivity contribution is 5.61. The Morgan fingerprint density at radius 2 is 2.33 bits per heavy atom. The van der Waals surface area contributed by atoms with Crippen molar-refractivity contribution >= 4 is 17.3 Å². The summed E-state index contributed by atoms with van der Waals surface area (Å²) in [6, 6.07) is 1.39. The number of aromatic nitrogens is 1. The third-order valence-electron chi connectivity index (χ3n) is 1.85. The van der Waals surface area contributed by atoms with Crippen molar-refractivity contribution in [1.29, 1.82) is 0 Å². The number of rotatable bonds is 4. The molecule has 0 fully saturated rings. The molecule has 0 unspecified atom stereocenters. The summed E-state index contributed by atoms with van der Waals surface area (Å²) < 4.78 is 0. The average Bonchev–Trinajstić information content (AvgIpc) is 2.18. The van der Waals surface area contributed by atoms with Gasteiger partial charge in [0.2, 0.25) is 5.82 Å². The molecule has 1 heterocycles. The Balaban J connectivity index is 3.02. The van der Waals surface area contributed by atoms with Crippen LogP contribution in [-0.2, 0) is 0 Å². The first-order valence-corrected chi connectivity index (χ1v) is 4.41. The summed E-state index contributed by atoms with van der Waals surface area (Å²) in [6.45, 7) is 2.72. The lowest BCUT2D eigenvalue weighted by Gasteiger charge is -2.07. The van der Waals surface area contributed by atoms with Crippen LogP contribution in [-0.4, -0.2) is 23.0 Å². The van der Waals surface area contributed by atoms with Gasteiger partial charge in [0.1, 0.15) is 5.82 Å². The van der Waals surface area contributed by atoms with Crippen LogP contribution in [0.1, 0.15) is 5.56 Å². The first-order valence-electron chi connectivity index (χ1n) is 4.41. The Bertz CT molecular complexity index is 380. The number of nitrogens with one attached hydrogen (secondary N) is 1. The fourth-order valence-electron chi connectivity index (χ4n) is 1.13. The van der Waals surface area contributed by atoms with Gasteiger partial charge in [-0.3, -0.25) is 10.1 Å². The molecule has 0 aliphatic heterocycles. The largest absolute Gasteiger partial charge is 0.378 e. The van der Waals surface area contributed by atoms with Gasteiger partial charge in [-0.15, -0.1) is 0 Å². The van der Waals surface area contributed by atoms with Crippen molar-refractivity contribution in [1.82, 2.24) is 4.98 Å². The van der Waals surface area contributed by atoms with Crippen molar-refractivity contribution in [3.05, 3.63) is 21.7 Å². The number of nitrogens with two attached hydrogens (primary N) is 2. The molecule has 0 radical (unpaired) electrons. The molecule has 0 aromatic carbocycles. The Labute approximate surface area is 86.6 Å². The van der Waals surface area contributed by atoms with Crippen molar-refractivity contribution in [3.63, 3.8) is 0 Å². The van der Waals surface area contributed by atoms with E-state index in [0.29, 0.717) is 24.5 Å². The molecule has 1 rings (SSSR count). The molecule has 0 spiro atoms. The van der Waals surface area contributed by atoms with E-state index in [1.165, 1.54) is 6.07 Å². The fraction of sp³-hybridized carbons (Fsp3) is 0.375. The maximum Gasteiger partial charge on any atom is 0.311 e. The van der Waals surface area contributed by atoms with E-state index in [4.69, 9.17) is 11.5 Å². The number of anilines is 2. The van der Waals surface area contributed by atoms with Crippen molar-refractivity contribution in [2.45, 2.75) is 6.92 Å². The van der Waals surface area contributed by atoms with Crippen molar-refractivity contribution in [2.75, 3.05) is 24.1 Å². The van der Waals surface area contributed by atoms with Gasteiger partial charge in [-0.25, -0.2) is 4.98 Å². The van der Waals surface area contributed by atoms with Crippen molar-refractivity contribution in [3.8, 4) is 0 Å². The molecule has 82 valence electrons. The third-order valence-corrected chi connectivity index (χ3v) is 1.85. The van der Waals surface area contributed by atoms with Gasteiger partial charge in [0.05, 0.1) is 4.92 Å². The number of nitro groups is 1. The summed E-state index contributed by atoms with van der Waals surface area (Å²) in [7, 11) is 0. The van der Waals surface area contributed by atoms with Crippen molar-refractivity contribution in [2.24, 2.45) is 5.73 Å². The van der Waals surface area contributed by atoms with E-state index >= 15 is 0 Å². The first kappa shape index (κ1) is 11.2. The highest BCUT2D eigenvalue weighted by Gasteiger charge is 2.15. The maximum absolute atomic E-state index is 10.5. The van der Waals surface area contributed by atoms with Crippen LogP contribution in [0.4, 0.5) is 17.3 Å². The predicted octanol–water partition coefficient (Wildman–Crippen LogP) is 0.251. The van der Waals surface area contributed by atoms with Crippen LogP contribution in [0.2, 0.25) is 0 Å². The lowest BCUT2D eigenvalue weighted by molar-refractivity contribution is -0.384. The molecule has 7 nitrogen and oxygen atoms in total. The molecule has 0 amide bonds. The lowest BCUT2D eigenvalue weighted by atomic mass is 10.2. The zero-order valence-corrected chi connectivity index (χ0v) is 8.36. The average molecular weight is 211 g/mol. The number of aryl methyl sites for hydroxylation is 1. The molecule has 0 atom stereocenters. The van der Waals surface area contributed by atoms with Crippen LogP contribution >= 0.6 is 0 Å². The number of hydrogen-bond donors (Lipinski definition) is 3. The third kappa shape index (κ3) is 2.53. The van der Waals surface area contributed by atoms with Crippen LogP contribution < -0.4 is 16.8 Å². The highest BCUT2D eigenvalue weighted by Crippen LogP contribution is 2.24. The minimum Gasteiger partial charge on any atom is -0.378 e. The number of nitrogens with zero attached hydrogens (tertiary/aromatic N) is 2. The highest BCUT2D eigenvalue weighted by atomic mass is 16.6. The summed E-state index contributed by atoms with van der Waals surface area (Å²) in [5.41, 5.74) is 11.2. The summed E-state index contributed by atoms with van der Waals surface area (Å²) in [5, 5.41) is 13.5. The lowest BCUT2D eigenvalue weighted by Crippen LogP contribution is -2.15. The second-order valence-corrected chi connectivity index (χ2v) is 3.03. The SMILES string of the molecule is Cc1cc([N+](=O)[O-])c(N)nc1NCCN.